The highest BCUT2D eigenvalue weighted by Gasteiger charge is 2.09. The molecule has 0 spiro atoms. The second-order valence-electron chi connectivity index (χ2n) is 2.83. The van der Waals surface area contributed by atoms with Gasteiger partial charge in [0.2, 0.25) is 5.16 Å². The van der Waals surface area contributed by atoms with Gasteiger partial charge in [-0.25, -0.2) is 4.98 Å². The predicted octanol–water partition coefficient (Wildman–Crippen LogP) is 2.54. The van der Waals surface area contributed by atoms with E-state index in [0.717, 1.165) is 10.7 Å². The van der Waals surface area contributed by atoms with Gasteiger partial charge in [-0.15, -0.1) is 16.4 Å². The van der Waals surface area contributed by atoms with Crippen LogP contribution in [-0.4, -0.2) is 20.4 Å². The van der Waals surface area contributed by atoms with Crippen LogP contribution >= 0.6 is 23.1 Å². The van der Waals surface area contributed by atoms with Crippen molar-refractivity contribution >= 4 is 23.1 Å². The van der Waals surface area contributed by atoms with Crippen molar-refractivity contribution in [3.05, 3.63) is 17.5 Å². The maximum absolute atomic E-state index is 8.65. The first-order valence-electron chi connectivity index (χ1n) is 4.32. The van der Waals surface area contributed by atoms with Gasteiger partial charge in [0.05, 0.1) is 16.2 Å². The molecule has 2 aromatic heterocycles. The van der Waals surface area contributed by atoms with Gasteiger partial charge in [0.1, 0.15) is 0 Å². The molecule has 0 bridgehead atoms. The number of thioether (sulfide) groups is 1. The molecule has 0 aliphatic carbocycles. The van der Waals surface area contributed by atoms with Crippen molar-refractivity contribution in [2.24, 2.45) is 0 Å². The number of thiophene rings is 1. The van der Waals surface area contributed by atoms with Crippen molar-refractivity contribution in [3.63, 3.8) is 0 Å². The van der Waals surface area contributed by atoms with Crippen LogP contribution in [0.3, 0.4) is 0 Å². The van der Waals surface area contributed by atoms with Crippen LogP contribution in [0.2, 0.25) is 0 Å². The van der Waals surface area contributed by atoms with Gasteiger partial charge >= 0.3 is 0 Å². The molecule has 0 aliphatic heterocycles. The zero-order valence-corrected chi connectivity index (χ0v) is 9.60. The number of hydrogen-bond donors (Lipinski definition) is 1. The first kappa shape index (κ1) is 10.2. The lowest BCUT2D eigenvalue weighted by Crippen LogP contribution is -1.90. The van der Waals surface area contributed by atoms with Crippen molar-refractivity contribution in [1.82, 2.24) is 15.2 Å². The zero-order chi connectivity index (χ0) is 10.7. The van der Waals surface area contributed by atoms with E-state index in [-0.39, 0.29) is 5.25 Å². The van der Waals surface area contributed by atoms with Crippen LogP contribution in [0.1, 0.15) is 6.92 Å². The second kappa shape index (κ2) is 4.47. The lowest BCUT2D eigenvalue weighted by molar-refractivity contribution is 0.970. The van der Waals surface area contributed by atoms with Gasteiger partial charge in [-0.2, -0.15) is 5.26 Å². The molecule has 0 saturated heterocycles. The van der Waals surface area contributed by atoms with Gasteiger partial charge in [0.15, 0.2) is 5.82 Å². The minimum Gasteiger partial charge on any atom is -0.257 e. The summed E-state index contributed by atoms with van der Waals surface area (Å²) >= 11 is 2.96. The summed E-state index contributed by atoms with van der Waals surface area (Å²) in [5.41, 5.74) is 0. The van der Waals surface area contributed by atoms with E-state index in [9.17, 15) is 0 Å². The average molecular weight is 236 g/mol. The Morgan fingerprint density at radius 3 is 3.20 bits per heavy atom. The lowest BCUT2D eigenvalue weighted by atomic mass is 10.4. The monoisotopic (exact) mass is 236 g/mol. The van der Waals surface area contributed by atoms with Crippen molar-refractivity contribution in [1.29, 1.82) is 5.26 Å². The van der Waals surface area contributed by atoms with E-state index >= 15 is 0 Å². The van der Waals surface area contributed by atoms with E-state index in [4.69, 9.17) is 5.26 Å². The molecule has 2 rings (SSSR count). The smallest absolute Gasteiger partial charge is 0.210 e. The molecule has 1 atom stereocenters. The zero-order valence-electron chi connectivity index (χ0n) is 7.97. The highest BCUT2D eigenvalue weighted by Crippen LogP contribution is 2.24. The number of hydrogen-bond acceptors (Lipinski definition) is 5. The predicted molar refractivity (Wildman–Crippen MR) is 60.6 cm³/mol. The summed E-state index contributed by atoms with van der Waals surface area (Å²) in [7, 11) is 0. The molecule has 1 N–H and O–H groups in total. The minimum atomic E-state index is -0.128. The van der Waals surface area contributed by atoms with E-state index in [2.05, 4.69) is 21.3 Å². The Morgan fingerprint density at radius 1 is 1.67 bits per heavy atom. The topological polar surface area (TPSA) is 65.4 Å². The van der Waals surface area contributed by atoms with Gasteiger partial charge in [-0.1, -0.05) is 17.8 Å². The molecule has 15 heavy (non-hydrogen) atoms. The van der Waals surface area contributed by atoms with E-state index in [0.29, 0.717) is 5.16 Å². The Morgan fingerprint density at radius 2 is 2.53 bits per heavy atom. The van der Waals surface area contributed by atoms with E-state index in [1.165, 1.54) is 11.8 Å². The van der Waals surface area contributed by atoms with Crippen LogP contribution in [-0.2, 0) is 0 Å². The Kier molecular flexibility index (Phi) is 3.04. The highest BCUT2D eigenvalue weighted by molar-refractivity contribution is 8.00. The molecule has 0 unspecified atom stereocenters. The molecule has 2 heterocycles. The highest BCUT2D eigenvalue weighted by atomic mass is 32.2. The van der Waals surface area contributed by atoms with Gasteiger partial charge in [-0.05, 0) is 18.4 Å². The first-order valence-corrected chi connectivity index (χ1v) is 6.08. The van der Waals surface area contributed by atoms with Crippen molar-refractivity contribution in [3.8, 4) is 16.8 Å². The number of H-pyrrole nitrogens is 1. The van der Waals surface area contributed by atoms with Gasteiger partial charge < -0.3 is 0 Å². The van der Waals surface area contributed by atoms with E-state index < -0.39 is 0 Å². The molecule has 0 saturated carbocycles. The number of nitrogens with zero attached hydrogens (tertiary/aromatic N) is 3. The summed E-state index contributed by atoms with van der Waals surface area (Å²) < 4.78 is 0. The first-order chi connectivity index (χ1) is 7.29. The third kappa shape index (κ3) is 2.37. The van der Waals surface area contributed by atoms with Gasteiger partial charge in [-0.3, -0.25) is 5.10 Å². The molecule has 0 aromatic carbocycles. The van der Waals surface area contributed by atoms with Crippen molar-refractivity contribution < 1.29 is 0 Å². The molecule has 6 heteroatoms. The summed E-state index contributed by atoms with van der Waals surface area (Å²) in [4.78, 5) is 5.35. The van der Waals surface area contributed by atoms with Crippen molar-refractivity contribution in [2.75, 3.05) is 0 Å². The van der Waals surface area contributed by atoms with Crippen LogP contribution in [0.4, 0.5) is 0 Å². The Bertz CT molecular complexity index is 469. The second-order valence-corrected chi connectivity index (χ2v) is 5.09. The summed E-state index contributed by atoms with van der Waals surface area (Å²) in [6.45, 7) is 1.83. The molecular weight excluding hydrogens is 228 g/mol. The van der Waals surface area contributed by atoms with Crippen LogP contribution < -0.4 is 0 Å². The third-order valence-corrected chi connectivity index (χ3v) is 3.41. The number of nitrogens with one attached hydrogen (secondary N) is 1. The number of aromatic amines is 1. The molecule has 4 nitrogen and oxygen atoms in total. The molecule has 0 radical (unpaired) electrons. The van der Waals surface area contributed by atoms with E-state index in [1.807, 2.05) is 24.4 Å². The molecule has 0 fully saturated rings. The van der Waals surface area contributed by atoms with Gasteiger partial charge in [0.25, 0.3) is 0 Å². The minimum absolute atomic E-state index is 0.128. The normalized spacial score (nSPS) is 12.3. The fraction of sp³-hybridized carbons (Fsp3) is 0.222. The fourth-order valence-electron chi connectivity index (χ4n) is 1.01. The quantitative estimate of drug-likeness (QED) is 0.832. The summed E-state index contributed by atoms with van der Waals surface area (Å²) in [5.74, 6) is 0.762. The van der Waals surface area contributed by atoms with E-state index in [1.54, 1.807) is 11.3 Å². The SMILES string of the molecule is C[C@@H](C#N)Sc1n[nH]c(-c2cccs2)n1. The summed E-state index contributed by atoms with van der Waals surface area (Å²) in [5, 5.41) is 18.0. The molecule has 76 valence electrons. The van der Waals surface area contributed by atoms with Crippen LogP contribution in [0.15, 0.2) is 22.7 Å². The molecule has 0 amide bonds. The Labute approximate surface area is 95.4 Å². The Hall–Kier alpha value is -1.32. The van der Waals surface area contributed by atoms with Gasteiger partial charge in [0, 0.05) is 0 Å². The lowest BCUT2D eigenvalue weighted by Gasteiger charge is -1.93. The third-order valence-electron chi connectivity index (χ3n) is 1.68. The number of rotatable bonds is 3. The number of nitriles is 1. The van der Waals surface area contributed by atoms with Crippen LogP contribution in [0.5, 0.6) is 0 Å². The number of aromatic nitrogens is 3. The molecule has 0 aliphatic rings. The molecule has 2 aromatic rings. The Balaban J connectivity index is 2.15. The average Bonchev–Trinajstić information content (AvgIpc) is 2.85. The standard InChI is InChI=1S/C9H8N4S2/c1-6(5-10)15-9-11-8(12-13-9)7-3-2-4-14-7/h2-4,6H,1H3,(H,11,12,13)/t6-/m0/s1. The summed E-state index contributed by atoms with van der Waals surface area (Å²) in [6, 6.07) is 6.07. The van der Waals surface area contributed by atoms with Crippen LogP contribution in [0.25, 0.3) is 10.7 Å². The van der Waals surface area contributed by atoms with Crippen molar-refractivity contribution in [2.45, 2.75) is 17.3 Å². The molecular formula is C9H8N4S2. The maximum atomic E-state index is 8.65. The fourth-order valence-corrected chi connectivity index (χ4v) is 2.28. The van der Waals surface area contributed by atoms with Crippen LogP contribution in [0, 0.1) is 11.3 Å². The summed E-state index contributed by atoms with van der Waals surface area (Å²) in [6.07, 6.45) is 0. The maximum Gasteiger partial charge on any atom is 0.210 e. The largest absolute Gasteiger partial charge is 0.257 e.